The van der Waals surface area contributed by atoms with Crippen molar-refractivity contribution >= 4 is 28.9 Å². The molecule has 1 unspecified atom stereocenters. The minimum atomic E-state index is 0.350. The van der Waals surface area contributed by atoms with E-state index >= 15 is 0 Å². The van der Waals surface area contributed by atoms with Gasteiger partial charge < -0.3 is 0 Å². The molecule has 0 aromatic heterocycles. The largest absolute Gasteiger partial charge is 0.281 e. The zero-order valence-electron chi connectivity index (χ0n) is 13.8. The minimum absolute atomic E-state index is 0.350. The molecule has 0 heterocycles. The standard InChI is InChI=1S/C19H24N2S/c1-14(2)12-15(3)20-18-11-10-17(13-19(18)22-4)21-16-8-6-5-7-9-16/h5-11,13-15H,12H2,1-4H3. The summed E-state index contributed by atoms with van der Waals surface area (Å²) in [5, 5.41) is 0. The molecule has 1 atom stereocenters. The van der Waals surface area contributed by atoms with E-state index in [1.165, 1.54) is 4.91 Å². The van der Waals surface area contributed by atoms with Gasteiger partial charge in [0.15, 0.2) is 0 Å². The normalized spacial score (nSPS) is 19.8. The zero-order valence-corrected chi connectivity index (χ0v) is 14.6. The first-order chi connectivity index (χ1) is 10.6. The fraction of sp³-hybridized carbons (Fsp3) is 0.368. The Morgan fingerprint density at radius 2 is 1.77 bits per heavy atom. The van der Waals surface area contributed by atoms with E-state index in [-0.39, 0.29) is 0 Å². The summed E-state index contributed by atoms with van der Waals surface area (Å²) >= 11 is 1.73. The first kappa shape index (κ1) is 16.8. The molecule has 0 spiro atoms. The van der Waals surface area contributed by atoms with Gasteiger partial charge in [0, 0.05) is 10.9 Å². The summed E-state index contributed by atoms with van der Waals surface area (Å²) in [6.07, 6.45) is 9.47. The van der Waals surface area contributed by atoms with Crippen molar-refractivity contribution in [2.24, 2.45) is 15.9 Å². The molecule has 2 rings (SSSR count). The zero-order chi connectivity index (χ0) is 15.9. The van der Waals surface area contributed by atoms with E-state index in [0.29, 0.717) is 12.0 Å². The molecule has 1 aromatic rings. The molecule has 0 radical (unpaired) electrons. The number of hydrogen-bond acceptors (Lipinski definition) is 3. The summed E-state index contributed by atoms with van der Waals surface area (Å²) in [7, 11) is 0. The van der Waals surface area contributed by atoms with Gasteiger partial charge in [-0.25, -0.2) is 4.99 Å². The molecule has 0 saturated heterocycles. The van der Waals surface area contributed by atoms with Gasteiger partial charge in [0.05, 0.1) is 17.1 Å². The van der Waals surface area contributed by atoms with E-state index in [1.807, 2.05) is 36.4 Å². The summed E-state index contributed by atoms with van der Waals surface area (Å²) < 4.78 is 0. The molecule has 1 aliphatic carbocycles. The number of allylic oxidation sites excluding steroid dienone is 4. The first-order valence-corrected chi connectivity index (χ1v) is 8.96. The van der Waals surface area contributed by atoms with Gasteiger partial charge in [0.1, 0.15) is 0 Å². The average molecular weight is 312 g/mol. The maximum Gasteiger partial charge on any atom is 0.0714 e. The van der Waals surface area contributed by atoms with E-state index in [2.05, 4.69) is 44.2 Å². The van der Waals surface area contributed by atoms with Crippen molar-refractivity contribution < 1.29 is 0 Å². The van der Waals surface area contributed by atoms with Crippen molar-refractivity contribution in [2.75, 3.05) is 6.26 Å². The molecule has 0 fully saturated rings. The quantitative estimate of drug-likeness (QED) is 0.663. The summed E-state index contributed by atoms with van der Waals surface area (Å²) in [6, 6.07) is 10.4. The number of thioether (sulfide) groups is 1. The van der Waals surface area contributed by atoms with Crippen LogP contribution >= 0.6 is 11.8 Å². The van der Waals surface area contributed by atoms with E-state index in [4.69, 9.17) is 4.99 Å². The maximum atomic E-state index is 4.86. The van der Waals surface area contributed by atoms with Crippen LogP contribution in [0.1, 0.15) is 27.2 Å². The van der Waals surface area contributed by atoms with Crippen LogP contribution in [0.5, 0.6) is 0 Å². The summed E-state index contributed by atoms with van der Waals surface area (Å²) in [5.41, 5.74) is 3.03. The summed E-state index contributed by atoms with van der Waals surface area (Å²) in [5.74, 6) is 0.670. The molecule has 116 valence electrons. The SMILES string of the molecule is CSC1=CC(=Nc2ccccc2)C=CC1=NC(C)CC(C)C. The molecule has 0 bridgehead atoms. The highest BCUT2D eigenvalue weighted by atomic mass is 32.2. The Labute approximate surface area is 138 Å². The number of rotatable bonds is 5. The smallest absolute Gasteiger partial charge is 0.0714 e. The van der Waals surface area contributed by atoms with Gasteiger partial charge in [0.2, 0.25) is 0 Å². The van der Waals surface area contributed by atoms with Crippen molar-refractivity contribution in [2.45, 2.75) is 33.2 Å². The van der Waals surface area contributed by atoms with Crippen LogP contribution in [0.15, 0.2) is 63.4 Å². The van der Waals surface area contributed by atoms with Crippen LogP contribution in [0, 0.1) is 5.92 Å². The summed E-state index contributed by atoms with van der Waals surface area (Å²) in [4.78, 5) is 10.7. The van der Waals surface area contributed by atoms with Gasteiger partial charge in [-0.05, 0) is 55.9 Å². The van der Waals surface area contributed by atoms with Crippen LogP contribution in [-0.2, 0) is 0 Å². The fourth-order valence-corrected chi connectivity index (χ4v) is 3.03. The van der Waals surface area contributed by atoms with Crippen molar-refractivity contribution in [3.05, 3.63) is 53.5 Å². The lowest BCUT2D eigenvalue weighted by atomic mass is 10.1. The Balaban J connectivity index is 2.19. The topological polar surface area (TPSA) is 24.7 Å². The van der Waals surface area contributed by atoms with E-state index < -0.39 is 0 Å². The number of aliphatic imine (C=N–C) groups is 2. The molecule has 1 aromatic carbocycles. The second-order valence-electron chi connectivity index (χ2n) is 5.91. The fourth-order valence-electron chi connectivity index (χ4n) is 2.47. The lowest BCUT2D eigenvalue weighted by molar-refractivity contribution is 0.522. The predicted molar refractivity (Wildman–Crippen MR) is 101 cm³/mol. The number of para-hydroxylation sites is 1. The monoisotopic (exact) mass is 312 g/mol. The molecule has 0 aliphatic heterocycles. The van der Waals surface area contributed by atoms with Gasteiger partial charge >= 0.3 is 0 Å². The van der Waals surface area contributed by atoms with E-state index in [9.17, 15) is 0 Å². The molecular formula is C19H24N2S. The Bertz CT molecular complexity index is 610. The predicted octanol–water partition coefficient (Wildman–Crippen LogP) is 5.45. The third-order valence-electron chi connectivity index (χ3n) is 3.35. The molecule has 1 aliphatic rings. The lowest BCUT2D eigenvalue weighted by Crippen LogP contribution is -2.11. The average Bonchev–Trinajstić information content (AvgIpc) is 2.49. The molecule has 0 saturated carbocycles. The van der Waals surface area contributed by atoms with Crippen molar-refractivity contribution in [1.82, 2.24) is 0 Å². The van der Waals surface area contributed by atoms with Crippen LogP contribution in [0.25, 0.3) is 0 Å². The minimum Gasteiger partial charge on any atom is -0.281 e. The van der Waals surface area contributed by atoms with E-state index in [1.54, 1.807) is 11.8 Å². The molecule has 0 amide bonds. The maximum absolute atomic E-state index is 4.86. The molecular weight excluding hydrogens is 288 g/mol. The van der Waals surface area contributed by atoms with Crippen molar-refractivity contribution in [3.63, 3.8) is 0 Å². The highest BCUT2D eigenvalue weighted by Gasteiger charge is 2.12. The third kappa shape index (κ3) is 4.99. The highest BCUT2D eigenvalue weighted by Crippen LogP contribution is 2.22. The number of hydrogen-bond donors (Lipinski definition) is 0. The lowest BCUT2D eigenvalue weighted by Gasteiger charge is -2.15. The van der Waals surface area contributed by atoms with Crippen molar-refractivity contribution in [3.8, 4) is 0 Å². The third-order valence-corrected chi connectivity index (χ3v) is 4.12. The number of nitrogens with zero attached hydrogens (tertiary/aromatic N) is 2. The van der Waals surface area contributed by atoms with Crippen LogP contribution in [-0.4, -0.2) is 23.7 Å². The van der Waals surface area contributed by atoms with E-state index in [0.717, 1.165) is 23.5 Å². The second kappa shape index (κ2) is 8.14. The molecule has 2 nitrogen and oxygen atoms in total. The Hall–Kier alpha value is -1.61. The van der Waals surface area contributed by atoms with Gasteiger partial charge in [-0.1, -0.05) is 32.0 Å². The molecule has 22 heavy (non-hydrogen) atoms. The van der Waals surface area contributed by atoms with Crippen LogP contribution < -0.4 is 0 Å². The Morgan fingerprint density at radius 3 is 2.41 bits per heavy atom. The van der Waals surface area contributed by atoms with Crippen LogP contribution in [0.3, 0.4) is 0 Å². The Kier molecular flexibility index (Phi) is 6.20. The van der Waals surface area contributed by atoms with Crippen molar-refractivity contribution in [1.29, 1.82) is 0 Å². The van der Waals surface area contributed by atoms with Crippen LogP contribution in [0.4, 0.5) is 5.69 Å². The van der Waals surface area contributed by atoms with Gasteiger partial charge in [-0.15, -0.1) is 11.8 Å². The first-order valence-electron chi connectivity index (χ1n) is 7.74. The second-order valence-corrected chi connectivity index (χ2v) is 6.76. The van der Waals surface area contributed by atoms with Gasteiger partial charge in [-0.2, -0.15) is 0 Å². The van der Waals surface area contributed by atoms with Crippen LogP contribution in [0.2, 0.25) is 0 Å². The summed E-state index contributed by atoms with van der Waals surface area (Å²) in [6.45, 7) is 6.67. The Morgan fingerprint density at radius 1 is 1.05 bits per heavy atom. The molecule has 0 N–H and O–H groups in total. The van der Waals surface area contributed by atoms with Gasteiger partial charge in [-0.3, -0.25) is 4.99 Å². The number of benzene rings is 1. The van der Waals surface area contributed by atoms with Gasteiger partial charge in [0.25, 0.3) is 0 Å². The highest BCUT2D eigenvalue weighted by molar-refractivity contribution is 8.03. The molecule has 3 heteroatoms.